The van der Waals surface area contributed by atoms with Crippen LogP contribution in [0.3, 0.4) is 0 Å². The van der Waals surface area contributed by atoms with Gasteiger partial charge in [0.05, 0.1) is 0 Å². The number of hydrogen-bond donors (Lipinski definition) is 1. The largest absolute Gasteiger partial charge is 0.382 e. The lowest BCUT2D eigenvalue weighted by atomic mass is 10.3. The van der Waals surface area contributed by atoms with Crippen molar-refractivity contribution < 1.29 is 4.74 Å². The van der Waals surface area contributed by atoms with E-state index in [1.54, 1.807) is 0 Å². The molecule has 0 saturated heterocycles. The predicted molar refractivity (Wildman–Crippen MR) is 79.3 cm³/mol. The molecule has 0 fully saturated rings. The van der Waals surface area contributed by atoms with Gasteiger partial charge in [-0.05, 0) is 47.0 Å². The van der Waals surface area contributed by atoms with Crippen LogP contribution >= 0.6 is 0 Å². The number of nitrogens with one attached hydrogen (secondary N) is 1. The van der Waals surface area contributed by atoms with Gasteiger partial charge in [0.1, 0.15) is 0 Å². The van der Waals surface area contributed by atoms with Crippen molar-refractivity contribution in [2.24, 2.45) is 0 Å². The lowest BCUT2D eigenvalue weighted by Crippen LogP contribution is -2.37. The fourth-order valence-electron chi connectivity index (χ4n) is 1.80. The molecule has 0 saturated carbocycles. The van der Waals surface area contributed by atoms with Gasteiger partial charge in [0.15, 0.2) is 0 Å². The van der Waals surface area contributed by atoms with Crippen LogP contribution < -0.4 is 5.32 Å². The summed E-state index contributed by atoms with van der Waals surface area (Å²) < 4.78 is 5.31. The Labute approximate surface area is 114 Å². The summed E-state index contributed by atoms with van der Waals surface area (Å²) in [6.45, 7) is 12.8. The molecule has 110 valence electrons. The van der Waals surface area contributed by atoms with Crippen LogP contribution in [0.5, 0.6) is 0 Å². The minimum atomic E-state index is 0.828. The molecule has 0 aliphatic rings. The minimum Gasteiger partial charge on any atom is -0.382 e. The molecular formula is C14H33N3O. The monoisotopic (exact) mass is 259 g/mol. The maximum Gasteiger partial charge on any atom is 0.0477 e. The lowest BCUT2D eigenvalue weighted by molar-refractivity contribution is 0.144. The topological polar surface area (TPSA) is 27.7 Å². The zero-order valence-corrected chi connectivity index (χ0v) is 12.9. The Morgan fingerprint density at radius 3 is 2.33 bits per heavy atom. The zero-order valence-electron chi connectivity index (χ0n) is 12.9. The molecule has 4 heteroatoms. The van der Waals surface area contributed by atoms with Crippen molar-refractivity contribution in [2.75, 3.05) is 66.6 Å². The molecular weight excluding hydrogens is 226 g/mol. The van der Waals surface area contributed by atoms with Gasteiger partial charge in [-0.3, -0.25) is 0 Å². The zero-order chi connectivity index (χ0) is 13.6. The van der Waals surface area contributed by atoms with Crippen molar-refractivity contribution in [1.29, 1.82) is 0 Å². The molecule has 0 aromatic carbocycles. The van der Waals surface area contributed by atoms with Crippen molar-refractivity contribution in [1.82, 2.24) is 15.1 Å². The normalized spacial score (nSPS) is 11.7. The molecule has 0 rings (SSSR count). The Bertz CT molecular complexity index is 165. The fourth-order valence-corrected chi connectivity index (χ4v) is 1.80. The first kappa shape index (κ1) is 17.8. The summed E-state index contributed by atoms with van der Waals surface area (Å²) >= 11 is 0. The predicted octanol–water partition coefficient (Wildman–Crippen LogP) is 1.28. The smallest absolute Gasteiger partial charge is 0.0477 e. The number of likely N-dealkylation sites (N-methyl/N-ethyl adjacent to an activating group) is 1. The molecule has 0 radical (unpaired) electrons. The Kier molecular flexibility index (Phi) is 13.2. The van der Waals surface area contributed by atoms with Crippen LogP contribution in [0.4, 0.5) is 0 Å². The molecule has 0 aromatic heterocycles. The van der Waals surface area contributed by atoms with E-state index in [9.17, 15) is 0 Å². The SMILES string of the molecule is CCCN(CCNCCCOCC)CCN(C)C. The van der Waals surface area contributed by atoms with Crippen molar-refractivity contribution in [3.63, 3.8) is 0 Å². The van der Waals surface area contributed by atoms with E-state index < -0.39 is 0 Å². The highest BCUT2D eigenvalue weighted by Crippen LogP contribution is 1.91. The highest BCUT2D eigenvalue weighted by atomic mass is 16.5. The molecule has 0 amide bonds. The van der Waals surface area contributed by atoms with E-state index >= 15 is 0 Å². The van der Waals surface area contributed by atoms with Crippen molar-refractivity contribution in [2.45, 2.75) is 26.7 Å². The number of nitrogens with zero attached hydrogens (tertiary/aromatic N) is 2. The Hall–Kier alpha value is -0.160. The lowest BCUT2D eigenvalue weighted by Gasteiger charge is -2.23. The summed E-state index contributed by atoms with van der Waals surface area (Å²) in [5.74, 6) is 0. The minimum absolute atomic E-state index is 0.828. The van der Waals surface area contributed by atoms with Crippen molar-refractivity contribution in [3.8, 4) is 0 Å². The van der Waals surface area contributed by atoms with Crippen LogP contribution in [0.1, 0.15) is 26.7 Å². The molecule has 18 heavy (non-hydrogen) atoms. The molecule has 0 bridgehead atoms. The molecule has 0 aliphatic heterocycles. The second-order valence-corrected chi connectivity index (χ2v) is 4.95. The first-order valence-corrected chi connectivity index (χ1v) is 7.36. The van der Waals surface area contributed by atoms with Gasteiger partial charge in [0, 0.05) is 39.4 Å². The molecule has 0 aromatic rings. The fraction of sp³-hybridized carbons (Fsp3) is 1.00. The van der Waals surface area contributed by atoms with Crippen molar-refractivity contribution >= 4 is 0 Å². The number of hydrogen-bond acceptors (Lipinski definition) is 4. The van der Waals surface area contributed by atoms with Gasteiger partial charge in [-0.2, -0.15) is 0 Å². The average Bonchev–Trinajstić information content (AvgIpc) is 2.34. The highest BCUT2D eigenvalue weighted by molar-refractivity contribution is 4.61. The average molecular weight is 259 g/mol. The third kappa shape index (κ3) is 12.3. The number of ether oxygens (including phenoxy) is 1. The van der Waals surface area contributed by atoms with Gasteiger partial charge in [-0.15, -0.1) is 0 Å². The quantitative estimate of drug-likeness (QED) is 0.504. The van der Waals surface area contributed by atoms with Crippen LogP contribution in [-0.4, -0.2) is 76.4 Å². The Morgan fingerprint density at radius 1 is 0.944 bits per heavy atom. The summed E-state index contributed by atoms with van der Waals surface area (Å²) in [6, 6.07) is 0. The Balaban J connectivity index is 3.45. The van der Waals surface area contributed by atoms with E-state index in [1.807, 2.05) is 6.92 Å². The van der Waals surface area contributed by atoms with Gasteiger partial charge in [-0.25, -0.2) is 0 Å². The standard InChI is InChI=1S/C14H33N3O/c1-5-10-17(13-12-16(3)4)11-9-15-8-7-14-18-6-2/h15H,5-14H2,1-4H3. The molecule has 0 atom stereocenters. The van der Waals surface area contributed by atoms with E-state index in [2.05, 4.69) is 36.1 Å². The maximum atomic E-state index is 5.31. The van der Waals surface area contributed by atoms with Gasteiger partial charge in [0.25, 0.3) is 0 Å². The van der Waals surface area contributed by atoms with Crippen molar-refractivity contribution in [3.05, 3.63) is 0 Å². The molecule has 1 N–H and O–H groups in total. The van der Waals surface area contributed by atoms with Crippen LogP contribution in [0.2, 0.25) is 0 Å². The van der Waals surface area contributed by atoms with Crippen LogP contribution in [0, 0.1) is 0 Å². The molecule has 0 heterocycles. The van der Waals surface area contributed by atoms with E-state index in [0.717, 1.165) is 45.8 Å². The summed E-state index contributed by atoms with van der Waals surface area (Å²) in [5.41, 5.74) is 0. The second-order valence-electron chi connectivity index (χ2n) is 4.95. The summed E-state index contributed by atoms with van der Waals surface area (Å²) in [4.78, 5) is 4.79. The van der Waals surface area contributed by atoms with E-state index in [-0.39, 0.29) is 0 Å². The maximum absolute atomic E-state index is 5.31. The summed E-state index contributed by atoms with van der Waals surface area (Å²) in [5, 5.41) is 3.49. The van der Waals surface area contributed by atoms with Crippen LogP contribution in [-0.2, 0) is 4.74 Å². The Morgan fingerprint density at radius 2 is 1.72 bits per heavy atom. The third-order valence-electron chi connectivity index (χ3n) is 2.85. The molecule has 0 unspecified atom stereocenters. The summed E-state index contributed by atoms with van der Waals surface area (Å²) in [7, 11) is 4.27. The van der Waals surface area contributed by atoms with Crippen LogP contribution in [0.15, 0.2) is 0 Å². The van der Waals surface area contributed by atoms with E-state index in [0.29, 0.717) is 0 Å². The van der Waals surface area contributed by atoms with Gasteiger partial charge >= 0.3 is 0 Å². The van der Waals surface area contributed by atoms with Gasteiger partial charge in [-0.1, -0.05) is 6.92 Å². The second kappa shape index (κ2) is 13.3. The first-order chi connectivity index (χ1) is 8.70. The molecule has 0 spiro atoms. The number of rotatable bonds is 13. The first-order valence-electron chi connectivity index (χ1n) is 7.36. The summed E-state index contributed by atoms with van der Waals surface area (Å²) in [6.07, 6.45) is 2.34. The van der Waals surface area contributed by atoms with Gasteiger partial charge < -0.3 is 19.9 Å². The van der Waals surface area contributed by atoms with Gasteiger partial charge in [0.2, 0.25) is 0 Å². The third-order valence-corrected chi connectivity index (χ3v) is 2.85. The molecule has 4 nitrogen and oxygen atoms in total. The van der Waals surface area contributed by atoms with Crippen LogP contribution in [0.25, 0.3) is 0 Å². The highest BCUT2D eigenvalue weighted by Gasteiger charge is 2.03. The van der Waals surface area contributed by atoms with E-state index in [4.69, 9.17) is 4.74 Å². The van der Waals surface area contributed by atoms with E-state index in [1.165, 1.54) is 19.5 Å². The molecule has 0 aliphatic carbocycles.